The van der Waals surface area contributed by atoms with Crippen LogP contribution in [0, 0.1) is 0 Å². The minimum Gasteiger partial charge on any atom is -0.342 e. The number of nitrogens with zero attached hydrogens (tertiary/aromatic N) is 2. The third-order valence-corrected chi connectivity index (χ3v) is 2.53. The van der Waals surface area contributed by atoms with E-state index in [2.05, 4.69) is 18.1 Å². The van der Waals surface area contributed by atoms with Crippen LogP contribution in [-0.4, -0.2) is 35.8 Å². The Morgan fingerprint density at radius 1 is 1.47 bits per heavy atom. The van der Waals surface area contributed by atoms with Gasteiger partial charge in [-0.05, 0) is 19.4 Å². The van der Waals surface area contributed by atoms with E-state index < -0.39 is 0 Å². The van der Waals surface area contributed by atoms with Crippen molar-refractivity contribution < 1.29 is 4.79 Å². The maximum absolute atomic E-state index is 10.6. The lowest BCUT2D eigenvalue weighted by molar-refractivity contribution is -0.118. The van der Waals surface area contributed by atoms with Gasteiger partial charge in [-0.25, -0.2) is 0 Å². The van der Waals surface area contributed by atoms with Crippen molar-refractivity contribution in [2.24, 2.45) is 0 Å². The molecule has 1 aliphatic rings. The van der Waals surface area contributed by atoms with Crippen LogP contribution in [0.5, 0.6) is 0 Å². The van der Waals surface area contributed by atoms with Crippen LogP contribution in [0.15, 0.2) is 36.2 Å². The van der Waals surface area contributed by atoms with Gasteiger partial charge in [-0.3, -0.25) is 4.79 Å². The van der Waals surface area contributed by atoms with E-state index in [-0.39, 0.29) is 0 Å². The van der Waals surface area contributed by atoms with E-state index >= 15 is 0 Å². The molecule has 15 heavy (non-hydrogen) atoms. The molecule has 0 aromatic rings. The molecule has 0 aromatic heterocycles. The van der Waals surface area contributed by atoms with Gasteiger partial charge in [0, 0.05) is 24.5 Å². The molecule has 0 radical (unpaired) electrons. The lowest BCUT2D eigenvalue weighted by atomic mass is 10.1. The molecule has 1 saturated heterocycles. The van der Waals surface area contributed by atoms with Gasteiger partial charge >= 0.3 is 0 Å². The van der Waals surface area contributed by atoms with Gasteiger partial charge in [-0.2, -0.15) is 0 Å². The molecule has 0 bridgehead atoms. The summed E-state index contributed by atoms with van der Waals surface area (Å²) in [6.07, 6.45) is 2.91. The maximum Gasteiger partial charge on any atom is 0.210 e. The number of hydrogen-bond donors (Lipinski definition) is 0. The number of piperazine rings is 1. The molecule has 1 aliphatic heterocycles. The summed E-state index contributed by atoms with van der Waals surface area (Å²) < 4.78 is 0. The van der Waals surface area contributed by atoms with Crippen molar-refractivity contribution in [1.82, 2.24) is 9.80 Å². The van der Waals surface area contributed by atoms with Crippen molar-refractivity contribution in [2.75, 3.05) is 19.6 Å². The second-order valence-corrected chi connectivity index (χ2v) is 3.75. The zero-order chi connectivity index (χ0) is 11.4. The van der Waals surface area contributed by atoms with Gasteiger partial charge in [0.15, 0.2) is 0 Å². The van der Waals surface area contributed by atoms with Gasteiger partial charge in [0.1, 0.15) is 0 Å². The normalized spacial score (nSPS) is 18.0. The van der Waals surface area contributed by atoms with Gasteiger partial charge in [-0.1, -0.05) is 19.2 Å². The number of allylic oxidation sites excluding steroid dienone is 2. The molecular formula is C12H18N2O. The van der Waals surface area contributed by atoms with E-state index in [9.17, 15) is 4.79 Å². The van der Waals surface area contributed by atoms with E-state index in [4.69, 9.17) is 0 Å². The second-order valence-electron chi connectivity index (χ2n) is 3.75. The van der Waals surface area contributed by atoms with Crippen LogP contribution in [0.2, 0.25) is 0 Å². The molecule has 82 valence electrons. The molecule has 1 rings (SSSR count). The van der Waals surface area contributed by atoms with Gasteiger partial charge < -0.3 is 9.80 Å². The van der Waals surface area contributed by atoms with Crippen LogP contribution in [0.25, 0.3) is 0 Å². The predicted molar refractivity (Wildman–Crippen MR) is 62.1 cm³/mol. The molecule has 3 nitrogen and oxygen atoms in total. The van der Waals surface area contributed by atoms with Crippen LogP contribution >= 0.6 is 0 Å². The lowest BCUT2D eigenvalue weighted by Crippen LogP contribution is -2.43. The second kappa shape index (κ2) is 4.82. The Bertz CT molecular complexity index is 318. The summed E-state index contributed by atoms with van der Waals surface area (Å²) in [6, 6.07) is 0. The van der Waals surface area contributed by atoms with Crippen molar-refractivity contribution in [2.45, 2.75) is 13.8 Å². The Kier molecular flexibility index (Phi) is 3.72. The Morgan fingerprint density at radius 2 is 2.13 bits per heavy atom. The highest BCUT2D eigenvalue weighted by molar-refractivity contribution is 5.48. The Morgan fingerprint density at radius 3 is 2.53 bits per heavy atom. The molecule has 1 heterocycles. The summed E-state index contributed by atoms with van der Waals surface area (Å²) in [4.78, 5) is 14.5. The van der Waals surface area contributed by atoms with Gasteiger partial charge in [-0.15, -0.1) is 0 Å². The number of amides is 1. The maximum atomic E-state index is 10.6. The van der Waals surface area contributed by atoms with E-state index in [1.54, 1.807) is 4.90 Å². The van der Waals surface area contributed by atoms with E-state index in [0.29, 0.717) is 6.54 Å². The van der Waals surface area contributed by atoms with Crippen molar-refractivity contribution in [3.63, 3.8) is 0 Å². The average molecular weight is 206 g/mol. The van der Waals surface area contributed by atoms with Crippen LogP contribution in [0.1, 0.15) is 13.8 Å². The summed E-state index contributed by atoms with van der Waals surface area (Å²) in [7, 11) is 0. The molecule has 0 spiro atoms. The van der Waals surface area contributed by atoms with Crippen LogP contribution in [0.4, 0.5) is 0 Å². The van der Waals surface area contributed by atoms with Crippen LogP contribution in [-0.2, 0) is 4.79 Å². The van der Waals surface area contributed by atoms with E-state index in [1.807, 2.05) is 19.9 Å². The first-order valence-electron chi connectivity index (χ1n) is 5.07. The highest BCUT2D eigenvalue weighted by Crippen LogP contribution is 2.21. The highest BCUT2D eigenvalue weighted by atomic mass is 16.1. The Labute approximate surface area is 91.4 Å². The molecular weight excluding hydrogens is 188 g/mol. The minimum atomic E-state index is 0.605. The minimum absolute atomic E-state index is 0.605. The lowest BCUT2D eigenvalue weighted by Gasteiger charge is -2.37. The monoisotopic (exact) mass is 206 g/mol. The van der Waals surface area contributed by atoms with Crippen molar-refractivity contribution >= 4 is 6.41 Å². The van der Waals surface area contributed by atoms with Crippen molar-refractivity contribution in [3.8, 4) is 0 Å². The average Bonchev–Trinajstić information content (AvgIpc) is 2.20. The van der Waals surface area contributed by atoms with E-state index in [0.717, 1.165) is 36.5 Å². The summed E-state index contributed by atoms with van der Waals surface area (Å²) in [5, 5.41) is 0. The third kappa shape index (κ3) is 2.49. The standard InChI is InChI=1S/C12H18N2O/c1-5-12(10(2)3)14-7-6-13(9-15)8-11(14)4/h5,9H,2,4,6-8H2,1,3H3/b12-5-. The largest absolute Gasteiger partial charge is 0.342 e. The van der Waals surface area contributed by atoms with Gasteiger partial charge in [0.25, 0.3) is 0 Å². The van der Waals surface area contributed by atoms with Crippen LogP contribution in [0.3, 0.4) is 0 Å². The molecule has 1 amide bonds. The first-order valence-corrected chi connectivity index (χ1v) is 5.07. The van der Waals surface area contributed by atoms with E-state index in [1.165, 1.54) is 0 Å². The topological polar surface area (TPSA) is 23.6 Å². The van der Waals surface area contributed by atoms with Crippen LogP contribution < -0.4 is 0 Å². The molecule has 0 N–H and O–H groups in total. The first-order chi connectivity index (χ1) is 7.10. The number of hydrogen-bond acceptors (Lipinski definition) is 2. The third-order valence-electron chi connectivity index (χ3n) is 2.53. The molecule has 0 aliphatic carbocycles. The zero-order valence-corrected chi connectivity index (χ0v) is 9.49. The molecule has 1 fully saturated rings. The first kappa shape index (κ1) is 11.6. The number of carbonyl (C=O) groups is 1. The summed E-state index contributed by atoms with van der Waals surface area (Å²) in [5.41, 5.74) is 3.08. The zero-order valence-electron chi connectivity index (χ0n) is 9.49. The fourth-order valence-corrected chi connectivity index (χ4v) is 1.80. The molecule has 0 atom stereocenters. The smallest absolute Gasteiger partial charge is 0.210 e. The summed E-state index contributed by atoms with van der Waals surface area (Å²) in [5.74, 6) is 0. The fraction of sp³-hybridized carbons (Fsp3) is 0.417. The molecule has 0 aromatic carbocycles. The Hall–Kier alpha value is -1.51. The summed E-state index contributed by atoms with van der Waals surface area (Å²) >= 11 is 0. The quantitative estimate of drug-likeness (QED) is 0.519. The summed E-state index contributed by atoms with van der Waals surface area (Å²) in [6.45, 7) is 14.0. The number of rotatable bonds is 3. The van der Waals surface area contributed by atoms with Gasteiger partial charge in [0.2, 0.25) is 6.41 Å². The van der Waals surface area contributed by atoms with Crippen molar-refractivity contribution in [1.29, 1.82) is 0 Å². The van der Waals surface area contributed by atoms with Gasteiger partial charge in [0.05, 0.1) is 6.54 Å². The highest BCUT2D eigenvalue weighted by Gasteiger charge is 2.20. The molecule has 0 unspecified atom stereocenters. The fourth-order valence-electron chi connectivity index (χ4n) is 1.80. The number of carbonyl (C=O) groups excluding carboxylic acids is 1. The molecule has 0 saturated carbocycles. The predicted octanol–water partition coefficient (Wildman–Crippen LogP) is 1.75. The molecule has 3 heteroatoms. The Balaban J connectivity index is 2.77. The SMILES string of the molecule is C=C(C)/C(=C/C)N1CCN(C=O)CC1=C. The van der Waals surface area contributed by atoms with Crippen molar-refractivity contribution in [3.05, 3.63) is 36.2 Å².